The van der Waals surface area contributed by atoms with Gasteiger partial charge in [0.25, 0.3) is 0 Å². The Morgan fingerprint density at radius 3 is 3.00 bits per heavy atom. The Hall–Kier alpha value is -1.02. The monoisotopic (exact) mass is 122 g/mol. The van der Waals surface area contributed by atoms with Gasteiger partial charge >= 0.3 is 0 Å². The van der Waals surface area contributed by atoms with Crippen LogP contribution in [0.2, 0.25) is 0 Å². The van der Waals surface area contributed by atoms with E-state index in [0.29, 0.717) is 6.54 Å². The molecule has 2 heteroatoms. The highest BCUT2D eigenvalue weighted by atomic mass is 14.8. The van der Waals surface area contributed by atoms with Crippen molar-refractivity contribution in [2.75, 3.05) is 6.54 Å². The highest BCUT2D eigenvalue weighted by molar-refractivity contribution is 5.26. The molecule has 0 unspecified atom stereocenters. The van der Waals surface area contributed by atoms with Gasteiger partial charge in [-0.15, -0.1) is 0 Å². The summed E-state index contributed by atoms with van der Waals surface area (Å²) in [6.45, 7) is 0.584. The Bertz CT molecular complexity index is 166. The highest BCUT2D eigenvalue weighted by Gasteiger charge is 1.87. The second-order valence-electron chi connectivity index (χ2n) is 1.76. The fourth-order valence-corrected chi connectivity index (χ4v) is 0.661. The van der Waals surface area contributed by atoms with Crippen molar-refractivity contribution >= 4 is 0 Å². The maximum Gasteiger partial charge on any atom is 0.0351 e. The smallest absolute Gasteiger partial charge is 0.0351 e. The molecule has 0 aliphatic carbocycles. The van der Waals surface area contributed by atoms with Crippen LogP contribution in [0, 0.1) is 0 Å². The molecule has 0 atom stereocenters. The summed E-state index contributed by atoms with van der Waals surface area (Å²) >= 11 is 0. The zero-order valence-electron chi connectivity index (χ0n) is 5.17. The molecular weight excluding hydrogens is 112 g/mol. The number of dihydropyridines is 1. The predicted octanol–water partition coefficient (Wildman–Crippen LogP) is 0.502. The summed E-state index contributed by atoms with van der Waals surface area (Å²) < 4.78 is 0. The first-order valence-electron chi connectivity index (χ1n) is 2.93. The summed E-state index contributed by atoms with van der Waals surface area (Å²) in [6.07, 6.45) is 9.69. The summed E-state index contributed by atoms with van der Waals surface area (Å²) in [5, 5.41) is 3.03. The van der Waals surface area contributed by atoms with Crippen LogP contribution in [0.25, 0.3) is 0 Å². The number of nitrogens with one attached hydrogen (secondary N) is 1. The molecule has 0 aromatic heterocycles. The molecule has 1 aliphatic heterocycles. The number of hydrogen-bond acceptors (Lipinski definition) is 2. The third-order valence-electron chi connectivity index (χ3n) is 1.07. The van der Waals surface area contributed by atoms with Gasteiger partial charge in [0.1, 0.15) is 0 Å². The van der Waals surface area contributed by atoms with E-state index >= 15 is 0 Å². The average molecular weight is 122 g/mol. The molecule has 1 aliphatic rings. The Kier molecular flexibility index (Phi) is 2.10. The van der Waals surface area contributed by atoms with Crippen molar-refractivity contribution in [1.29, 1.82) is 0 Å². The second kappa shape index (κ2) is 3.10. The summed E-state index contributed by atoms with van der Waals surface area (Å²) in [5.41, 5.74) is 6.35. The fraction of sp³-hybridized carbons (Fsp3) is 0.143. The van der Waals surface area contributed by atoms with Crippen LogP contribution in [0.3, 0.4) is 0 Å². The largest absolute Gasteiger partial charge is 0.362 e. The van der Waals surface area contributed by atoms with E-state index < -0.39 is 0 Å². The summed E-state index contributed by atoms with van der Waals surface area (Å²) in [7, 11) is 0. The summed E-state index contributed by atoms with van der Waals surface area (Å²) in [5.74, 6) is 0. The van der Waals surface area contributed by atoms with Crippen LogP contribution in [-0.2, 0) is 0 Å². The fourth-order valence-electron chi connectivity index (χ4n) is 0.661. The van der Waals surface area contributed by atoms with Gasteiger partial charge in [-0.1, -0.05) is 6.08 Å². The van der Waals surface area contributed by atoms with Gasteiger partial charge in [0.2, 0.25) is 0 Å². The number of allylic oxidation sites excluding steroid dienone is 3. The van der Waals surface area contributed by atoms with E-state index in [4.69, 9.17) is 5.73 Å². The zero-order valence-corrected chi connectivity index (χ0v) is 5.17. The minimum absolute atomic E-state index is 0.584. The molecule has 9 heavy (non-hydrogen) atoms. The molecule has 1 rings (SSSR count). The minimum Gasteiger partial charge on any atom is -0.362 e. The molecule has 2 nitrogen and oxygen atoms in total. The molecule has 0 saturated heterocycles. The molecule has 48 valence electrons. The lowest BCUT2D eigenvalue weighted by Gasteiger charge is -2.03. The minimum atomic E-state index is 0.584. The molecule has 0 bridgehead atoms. The van der Waals surface area contributed by atoms with Crippen LogP contribution in [0.4, 0.5) is 0 Å². The standard InChI is InChI=1S/C7H10N2/c8-5-4-7-3-1-2-6-9-7/h1-4,6,9H,5,8H2/b7-4-. The highest BCUT2D eigenvalue weighted by Crippen LogP contribution is 1.95. The molecule has 0 aromatic rings. The van der Waals surface area contributed by atoms with Gasteiger partial charge in [-0.25, -0.2) is 0 Å². The SMILES string of the molecule is NC/C=C1/C=CC=CN1. The van der Waals surface area contributed by atoms with E-state index in [-0.39, 0.29) is 0 Å². The van der Waals surface area contributed by atoms with Gasteiger partial charge in [-0.2, -0.15) is 0 Å². The van der Waals surface area contributed by atoms with E-state index in [0.717, 1.165) is 5.70 Å². The lowest BCUT2D eigenvalue weighted by molar-refractivity contribution is 1.07. The summed E-state index contributed by atoms with van der Waals surface area (Å²) in [6, 6.07) is 0. The third kappa shape index (κ3) is 1.74. The molecule has 0 saturated carbocycles. The Balaban J connectivity index is 2.55. The average Bonchev–Trinajstić information content (AvgIpc) is 1.91. The van der Waals surface area contributed by atoms with Gasteiger partial charge < -0.3 is 11.1 Å². The lowest BCUT2D eigenvalue weighted by atomic mass is 10.3. The zero-order chi connectivity index (χ0) is 6.53. The molecule has 0 aromatic carbocycles. The van der Waals surface area contributed by atoms with Crippen LogP contribution in [0.5, 0.6) is 0 Å². The van der Waals surface area contributed by atoms with Crippen molar-refractivity contribution in [3.63, 3.8) is 0 Å². The number of rotatable bonds is 1. The van der Waals surface area contributed by atoms with E-state index in [1.807, 2.05) is 30.5 Å². The van der Waals surface area contributed by atoms with Crippen molar-refractivity contribution in [2.24, 2.45) is 5.73 Å². The van der Waals surface area contributed by atoms with Crippen LogP contribution >= 0.6 is 0 Å². The first-order valence-corrected chi connectivity index (χ1v) is 2.93. The van der Waals surface area contributed by atoms with E-state index in [1.165, 1.54) is 0 Å². The van der Waals surface area contributed by atoms with Crippen molar-refractivity contribution < 1.29 is 0 Å². The number of hydrogen-bond donors (Lipinski definition) is 2. The van der Waals surface area contributed by atoms with Gasteiger partial charge in [0.05, 0.1) is 0 Å². The predicted molar refractivity (Wildman–Crippen MR) is 38.6 cm³/mol. The normalized spacial score (nSPS) is 20.3. The van der Waals surface area contributed by atoms with Crippen molar-refractivity contribution in [3.8, 4) is 0 Å². The first-order chi connectivity index (χ1) is 4.43. The third-order valence-corrected chi connectivity index (χ3v) is 1.07. The van der Waals surface area contributed by atoms with Crippen LogP contribution in [0.15, 0.2) is 36.2 Å². The molecule has 0 amide bonds. The quantitative estimate of drug-likeness (QED) is 0.531. The first kappa shape index (κ1) is 6.11. The Morgan fingerprint density at radius 1 is 1.56 bits per heavy atom. The van der Waals surface area contributed by atoms with Crippen LogP contribution in [-0.4, -0.2) is 6.54 Å². The van der Waals surface area contributed by atoms with Crippen molar-refractivity contribution in [1.82, 2.24) is 5.32 Å². The second-order valence-corrected chi connectivity index (χ2v) is 1.76. The van der Waals surface area contributed by atoms with Crippen LogP contribution in [0.1, 0.15) is 0 Å². The maximum atomic E-state index is 5.28. The number of nitrogens with two attached hydrogens (primary N) is 1. The van der Waals surface area contributed by atoms with E-state index in [2.05, 4.69) is 5.32 Å². The Labute approximate surface area is 54.7 Å². The topological polar surface area (TPSA) is 38.0 Å². The molecule has 1 heterocycles. The summed E-state index contributed by atoms with van der Waals surface area (Å²) in [4.78, 5) is 0. The molecule has 0 radical (unpaired) electrons. The van der Waals surface area contributed by atoms with Gasteiger partial charge in [0.15, 0.2) is 0 Å². The molecular formula is C7H10N2. The van der Waals surface area contributed by atoms with Gasteiger partial charge in [-0.05, 0) is 18.2 Å². The maximum absolute atomic E-state index is 5.28. The van der Waals surface area contributed by atoms with Gasteiger partial charge in [-0.3, -0.25) is 0 Å². The van der Waals surface area contributed by atoms with E-state index in [9.17, 15) is 0 Å². The van der Waals surface area contributed by atoms with E-state index in [1.54, 1.807) is 0 Å². The van der Waals surface area contributed by atoms with Gasteiger partial charge in [0, 0.05) is 18.4 Å². The molecule has 0 spiro atoms. The van der Waals surface area contributed by atoms with Crippen molar-refractivity contribution in [2.45, 2.75) is 0 Å². The van der Waals surface area contributed by atoms with Crippen LogP contribution < -0.4 is 11.1 Å². The Morgan fingerprint density at radius 2 is 2.44 bits per heavy atom. The molecule has 0 fully saturated rings. The van der Waals surface area contributed by atoms with Crippen molar-refractivity contribution in [3.05, 3.63) is 36.2 Å². The molecule has 3 N–H and O–H groups in total. The lowest BCUT2D eigenvalue weighted by Crippen LogP contribution is -2.07.